The summed E-state index contributed by atoms with van der Waals surface area (Å²) in [7, 11) is 0. The molecule has 0 fully saturated rings. The molecule has 0 saturated heterocycles. The van der Waals surface area contributed by atoms with Crippen LogP contribution in [0.15, 0.2) is 12.7 Å². The summed E-state index contributed by atoms with van der Waals surface area (Å²) in [6.45, 7) is 8.67. The largest absolute Gasteiger partial charge is 0.103 e. The third kappa shape index (κ3) is 33.9. The predicted octanol–water partition coefficient (Wildman–Crippen LogP) is 15.5. The van der Waals surface area contributed by atoms with Gasteiger partial charge in [-0.2, -0.15) is 0 Å². The van der Waals surface area contributed by atoms with Crippen LogP contribution in [-0.4, -0.2) is 0 Å². The minimum Gasteiger partial charge on any atom is -0.103 e. The van der Waals surface area contributed by atoms with Crippen LogP contribution in [0.2, 0.25) is 0 Å². The third-order valence-electron chi connectivity index (χ3n) is 9.43. The van der Waals surface area contributed by atoms with E-state index in [0.29, 0.717) is 0 Å². The molecule has 0 amide bonds. The Morgan fingerprint density at radius 2 is 0.525 bits per heavy atom. The van der Waals surface area contributed by atoms with Gasteiger partial charge in [-0.05, 0) is 12.3 Å². The highest BCUT2D eigenvalue weighted by atomic mass is 14.1. The molecule has 0 N–H and O–H groups in total. The van der Waals surface area contributed by atoms with Crippen molar-refractivity contribution in [2.45, 2.75) is 239 Å². The first-order valence-corrected chi connectivity index (χ1v) is 19.5. The lowest BCUT2D eigenvalue weighted by molar-refractivity contribution is 0.405. The van der Waals surface area contributed by atoms with E-state index < -0.39 is 0 Å². The lowest BCUT2D eigenvalue weighted by atomic mass is 9.91. The summed E-state index contributed by atoms with van der Waals surface area (Å²) >= 11 is 0. The van der Waals surface area contributed by atoms with Gasteiger partial charge in [0.2, 0.25) is 0 Å². The smallest absolute Gasteiger partial charge is 0.0325 e. The second-order valence-corrected chi connectivity index (χ2v) is 13.6. The molecule has 40 heavy (non-hydrogen) atoms. The zero-order valence-corrected chi connectivity index (χ0v) is 28.6. The fourth-order valence-electron chi connectivity index (χ4n) is 6.58. The van der Waals surface area contributed by atoms with E-state index in [-0.39, 0.29) is 0 Å². The van der Waals surface area contributed by atoms with Crippen LogP contribution in [0.25, 0.3) is 0 Å². The highest BCUT2D eigenvalue weighted by Gasteiger charge is 2.07. The zero-order valence-electron chi connectivity index (χ0n) is 28.6. The van der Waals surface area contributed by atoms with Gasteiger partial charge in [-0.3, -0.25) is 0 Å². The van der Waals surface area contributed by atoms with Gasteiger partial charge in [-0.1, -0.05) is 238 Å². The summed E-state index contributed by atoms with van der Waals surface area (Å²) in [5, 5.41) is 0. The van der Waals surface area contributed by atoms with E-state index >= 15 is 0 Å². The van der Waals surface area contributed by atoms with Gasteiger partial charge in [-0.15, -0.1) is 6.58 Å². The molecule has 0 rings (SSSR count). The van der Waals surface area contributed by atoms with Crippen molar-refractivity contribution >= 4 is 0 Å². The second-order valence-electron chi connectivity index (χ2n) is 13.6. The van der Waals surface area contributed by atoms with Crippen molar-refractivity contribution in [1.82, 2.24) is 0 Å². The van der Waals surface area contributed by atoms with E-state index in [1.165, 1.54) is 225 Å². The minimum atomic E-state index is 0.913. The van der Waals surface area contributed by atoms with E-state index in [9.17, 15) is 0 Å². The zero-order chi connectivity index (χ0) is 29.0. The number of hydrogen-bond donors (Lipinski definition) is 0. The molecule has 0 bridgehead atoms. The van der Waals surface area contributed by atoms with Crippen molar-refractivity contribution < 1.29 is 0 Å². The summed E-state index contributed by atoms with van der Waals surface area (Å²) in [5.74, 6) is 0.913. The van der Waals surface area contributed by atoms with E-state index in [1.54, 1.807) is 0 Å². The lowest BCUT2D eigenvalue weighted by Crippen LogP contribution is -1.99. The van der Waals surface area contributed by atoms with Crippen molar-refractivity contribution in [2.75, 3.05) is 0 Å². The average Bonchev–Trinajstić information content (AvgIpc) is 2.96. The van der Waals surface area contributed by atoms with Gasteiger partial charge in [0.05, 0.1) is 0 Å². The minimum absolute atomic E-state index is 0.913. The summed E-state index contributed by atoms with van der Waals surface area (Å²) in [6.07, 6.45) is 53.3. The second kappa shape index (κ2) is 36.8. The molecule has 0 aliphatic carbocycles. The number of hydrogen-bond acceptors (Lipinski definition) is 0. The molecule has 0 aromatic carbocycles. The maximum Gasteiger partial charge on any atom is -0.0325 e. The summed E-state index contributed by atoms with van der Waals surface area (Å²) in [4.78, 5) is 0. The Balaban J connectivity index is 3.36. The summed E-state index contributed by atoms with van der Waals surface area (Å²) < 4.78 is 0. The monoisotopic (exact) mass is 561 g/mol. The molecule has 0 heterocycles. The normalized spacial score (nSPS) is 11.6. The van der Waals surface area contributed by atoms with Crippen molar-refractivity contribution in [3.05, 3.63) is 12.7 Å². The van der Waals surface area contributed by atoms with E-state index in [2.05, 4.69) is 26.5 Å². The Kier molecular flexibility index (Phi) is 36.5. The number of rotatable bonds is 36. The molecular formula is C40H80. The Hall–Kier alpha value is -0.260. The first kappa shape index (κ1) is 39.7. The Bertz CT molecular complexity index is 401. The molecule has 0 aliphatic rings. The molecule has 0 aliphatic heterocycles. The molecule has 240 valence electrons. The molecule has 0 atom stereocenters. The van der Waals surface area contributed by atoms with Gasteiger partial charge in [0.1, 0.15) is 0 Å². The maximum absolute atomic E-state index is 4.05. The topological polar surface area (TPSA) is 0 Å². The Morgan fingerprint density at radius 1 is 0.325 bits per heavy atom. The molecule has 0 saturated carbocycles. The molecule has 0 aromatic heterocycles. The lowest BCUT2D eigenvalue weighted by Gasteiger charge is -2.15. The maximum atomic E-state index is 4.05. The van der Waals surface area contributed by atoms with Gasteiger partial charge >= 0.3 is 0 Å². The van der Waals surface area contributed by atoms with E-state index in [1.807, 2.05) is 0 Å². The molecule has 0 spiro atoms. The van der Waals surface area contributed by atoms with Crippen LogP contribution < -0.4 is 0 Å². The van der Waals surface area contributed by atoms with Crippen molar-refractivity contribution in [2.24, 2.45) is 5.92 Å². The molecule has 0 unspecified atom stereocenters. The average molecular weight is 561 g/mol. The van der Waals surface area contributed by atoms with Gasteiger partial charge < -0.3 is 0 Å². The van der Waals surface area contributed by atoms with Crippen molar-refractivity contribution in [3.8, 4) is 0 Å². The highest BCUT2D eigenvalue weighted by molar-refractivity contribution is 4.73. The number of allylic oxidation sites excluding steroid dienone is 1. The highest BCUT2D eigenvalue weighted by Crippen LogP contribution is 2.23. The predicted molar refractivity (Wildman–Crippen MR) is 187 cm³/mol. The SMILES string of the molecule is C=CCC(CCCCCCCCCCCCCCCCCC)CCCCCCCCCCCCCCCCCC. The molecule has 0 aromatic rings. The van der Waals surface area contributed by atoms with E-state index in [4.69, 9.17) is 0 Å². The molecule has 0 nitrogen and oxygen atoms in total. The number of unbranched alkanes of at least 4 members (excludes halogenated alkanes) is 30. The van der Waals surface area contributed by atoms with Crippen LogP contribution in [0.1, 0.15) is 239 Å². The van der Waals surface area contributed by atoms with E-state index in [0.717, 1.165) is 5.92 Å². The fraction of sp³-hybridized carbons (Fsp3) is 0.950. The van der Waals surface area contributed by atoms with Crippen molar-refractivity contribution in [3.63, 3.8) is 0 Å². The van der Waals surface area contributed by atoms with Crippen LogP contribution in [0, 0.1) is 5.92 Å². The quantitative estimate of drug-likeness (QED) is 0.0528. The summed E-state index contributed by atoms with van der Waals surface area (Å²) in [5.41, 5.74) is 0. The van der Waals surface area contributed by atoms with Gasteiger partial charge in [0.25, 0.3) is 0 Å². The summed E-state index contributed by atoms with van der Waals surface area (Å²) in [6, 6.07) is 0. The van der Waals surface area contributed by atoms with Gasteiger partial charge in [0, 0.05) is 0 Å². The van der Waals surface area contributed by atoms with Gasteiger partial charge in [-0.25, -0.2) is 0 Å². The van der Waals surface area contributed by atoms with Gasteiger partial charge in [0.15, 0.2) is 0 Å². The first-order chi connectivity index (χ1) is 19.8. The van der Waals surface area contributed by atoms with Crippen molar-refractivity contribution in [1.29, 1.82) is 0 Å². The standard InChI is InChI=1S/C40H80/c1-4-7-9-11-13-15-17-19-21-23-25-27-29-31-33-35-38-40(37-6-3)39-36-34-32-30-28-26-24-22-20-18-16-14-12-10-8-5-2/h6,40H,3-5,7-39H2,1-2H3. The van der Waals surface area contributed by atoms with Crippen LogP contribution in [0.5, 0.6) is 0 Å². The first-order valence-electron chi connectivity index (χ1n) is 19.5. The Labute approximate surface area is 256 Å². The molecule has 0 radical (unpaired) electrons. The Morgan fingerprint density at radius 3 is 0.725 bits per heavy atom. The van der Waals surface area contributed by atoms with Crippen LogP contribution in [0.4, 0.5) is 0 Å². The fourth-order valence-corrected chi connectivity index (χ4v) is 6.58. The molecular weight excluding hydrogens is 480 g/mol. The molecule has 0 heteroatoms. The van der Waals surface area contributed by atoms with Crippen LogP contribution in [-0.2, 0) is 0 Å². The third-order valence-corrected chi connectivity index (χ3v) is 9.43. The van der Waals surface area contributed by atoms with Crippen LogP contribution in [0.3, 0.4) is 0 Å². The van der Waals surface area contributed by atoms with Crippen LogP contribution >= 0.6 is 0 Å².